The van der Waals surface area contributed by atoms with Gasteiger partial charge < -0.3 is 9.53 Å². The summed E-state index contributed by atoms with van der Waals surface area (Å²) < 4.78 is 4.76. The third kappa shape index (κ3) is 4.42. The summed E-state index contributed by atoms with van der Waals surface area (Å²) in [5.74, 6) is -2.53. The first-order valence-electron chi connectivity index (χ1n) is 4.77. The molecule has 0 aromatic carbocycles. The maximum absolute atomic E-state index is 11.4. The fraction of sp³-hybridized carbons (Fsp3) is 0.700. The van der Waals surface area contributed by atoms with E-state index in [0.717, 1.165) is 0 Å². The zero-order valence-electron chi connectivity index (χ0n) is 8.86. The minimum atomic E-state index is -0.923. The zero-order chi connectivity index (χ0) is 11.8. The largest absolute Gasteiger partial charge is 0.465 e. The van der Waals surface area contributed by atoms with Gasteiger partial charge in [-0.05, 0) is 12.8 Å². The number of carbonyl (C=O) groups excluding carboxylic acids is 3. The Hall–Kier alpha value is -0.900. The maximum Gasteiger partial charge on any atom is 0.316 e. The van der Waals surface area contributed by atoms with Gasteiger partial charge >= 0.3 is 5.97 Å². The average molecular weight is 235 g/mol. The molecule has 0 radical (unpaired) electrons. The summed E-state index contributed by atoms with van der Waals surface area (Å²) in [6.45, 7) is 3.52. The lowest BCUT2D eigenvalue weighted by atomic mass is 9.88. The van der Waals surface area contributed by atoms with Crippen molar-refractivity contribution in [2.75, 3.05) is 12.5 Å². The van der Waals surface area contributed by atoms with Gasteiger partial charge in [0.15, 0.2) is 5.78 Å². The Morgan fingerprint density at radius 1 is 1.47 bits per heavy atom. The predicted octanol–water partition coefficient (Wildman–Crippen LogP) is 1.20. The van der Waals surface area contributed by atoms with Gasteiger partial charge in [0.25, 0.3) is 0 Å². The molecule has 0 aromatic heterocycles. The van der Waals surface area contributed by atoms with E-state index in [1.165, 1.54) is 0 Å². The van der Waals surface area contributed by atoms with Gasteiger partial charge in [0.1, 0.15) is 12.2 Å². The van der Waals surface area contributed by atoms with Crippen LogP contribution in [0.25, 0.3) is 0 Å². The number of rotatable bonds is 7. The highest BCUT2D eigenvalue weighted by molar-refractivity contribution is 6.29. The molecular weight excluding hydrogens is 220 g/mol. The van der Waals surface area contributed by atoms with Crippen molar-refractivity contribution in [2.45, 2.75) is 20.3 Å². The van der Waals surface area contributed by atoms with E-state index in [4.69, 9.17) is 16.3 Å². The molecule has 0 aliphatic carbocycles. The fourth-order valence-electron chi connectivity index (χ4n) is 1.28. The molecule has 0 rings (SSSR count). The van der Waals surface area contributed by atoms with Crippen LogP contribution in [0.1, 0.15) is 20.3 Å². The van der Waals surface area contributed by atoms with Crippen LogP contribution in [0.2, 0.25) is 0 Å². The van der Waals surface area contributed by atoms with Crippen molar-refractivity contribution in [3.8, 4) is 0 Å². The minimum absolute atomic E-state index is 0.145. The highest BCUT2D eigenvalue weighted by Gasteiger charge is 2.32. The van der Waals surface area contributed by atoms with Crippen LogP contribution >= 0.6 is 11.6 Å². The molecular formula is C10H15ClO4. The molecule has 0 aliphatic heterocycles. The predicted molar refractivity (Wildman–Crippen MR) is 55.7 cm³/mol. The normalized spacial score (nSPS) is 14.1. The van der Waals surface area contributed by atoms with Crippen LogP contribution < -0.4 is 0 Å². The maximum atomic E-state index is 11.4. The molecule has 0 bridgehead atoms. The molecule has 86 valence electrons. The summed E-state index contributed by atoms with van der Waals surface area (Å²) in [7, 11) is 0. The summed E-state index contributed by atoms with van der Waals surface area (Å²) in [4.78, 5) is 33.2. The Morgan fingerprint density at radius 2 is 2.07 bits per heavy atom. The number of aldehydes is 1. The summed E-state index contributed by atoms with van der Waals surface area (Å²) in [5.41, 5.74) is 0. The number of halogens is 1. The van der Waals surface area contributed by atoms with Crippen molar-refractivity contribution in [3.05, 3.63) is 0 Å². The van der Waals surface area contributed by atoms with E-state index < -0.39 is 17.7 Å². The van der Waals surface area contributed by atoms with Gasteiger partial charge in [-0.2, -0.15) is 0 Å². The van der Waals surface area contributed by atoms with Crippen LogP contribution in [0.4, 0.5) is 0 Å². The Bertz CT molecular complexity index is 240. The number of esters is 1. The van der Waals surface area contributed by atoms with E-state index in [1.807, 2.05) is 0 Å². The third-order valence-corrected chi connectivity index (χ3v) is 2.32. The number of carbonyl (C=O) groups is 3. The molecule has 0 heterocycles. The van der Waals surface area contributed by atoms with Crippen molar-refractivity contribution in [2.24, 2.45) is 11.8 Å². The second-order valence-corrected chi connectivity index (χ2v) is 3.48. The molecule has 5 heteroatoms. The van der Waals surface area contributed by atoms with E-state index in [2.05, 4.69) is 0 Å². The molecule has 15 heavy (non-hydrogen) atoms. The van der Waals surface area contributed by atoms with Crippen molar-refractivity contribution >= 4 is 29.6 Å². The van der Waals surface area contributed by atoms with Gasteiger partial charge in [0.2, 0.25) is 0 Å². The number of alkyl halides is 1. The number of hydrogen-bond acceptors (Lipinski definition) is 4. The van der Waals surface area contributed by atoms with E-state index >= 15 is 0 Å². The SMILES string of the molecule is CCOC(=O)C(C(=O)CCl)[C@H](C)CC=O. The molecule has 0 fully saturated rings. The van der Waals surface area contributed by atoms with Gasteiger partial charge in [0, 0.05) is 6.42 Å². The first kappa shape index (κ1) is 14.1. The first-order valence-corrected chi connectivity index (χ1v) is 5.30. The molecule has 2 atom stereocenters. The van der Waals surface area contributed by atoms with E-state index in [1.54, 1.807) is 13.8 Å². The van der Waals surface area contributed by atoms with Crippen molar-refractivity contribution in [1.29, 1.82) is 0 Å². The van der Waals surface area contributed by atoms with Crippen molar-refractivity contribution in [1.82, 2.24) is 0 Å². The Labute approximate surface area is 93.9 Å². The van der Waals surface area contributed by atoms with Gasteiger partial charge in [-0.15, -0.1) is 11.6 Å². The lowest BCUT2D eigenvalue weighted by Crippen LogP contribution is -2.33. The molecule has 1 unspecified atom stereocenters. The monoisotopic (exact) mass is 234 g/mol. The van der Waals surface area contributed by atoms with Crippen LogP contribution in [-0.4, -0.2) is 30.5 Å². The second-order valence-electron chi connectivity index (χ2n) is 3.21. The van der Waals surface area contributed by atoms with Crippen molar-refractivity contribution in [3.63, 3.8) is 0 Å². The van der Waals surface area contributed by atoms with Crippen LogP contribution in [0, 0.1) is 11.8 Å². The van der Waals surface area contributed by atoms with Gasteiger partial charge in [0.05, 0.1) is 12.5 Å². The average Bonchev–Trinajstić information content (AvgIpc) is 2.18. The van der Waals surface area contributed by atoms with Gasteiger partial charge in [-0.1, -0.05) is 6.92 Å². The summed E-state index contributed by atoms with van der Waals surface area (Å²) in [6, 6.07) is 0. The third-order valence-electron chi connectivity index (χ3n) is 2.06. The van der Waals surface area contributed by atoms with Crippen LogP contribution in [0.15, 0.2) is 0 Å². The number of hydrogen-bond donors (Lipinski definition) is 0. The van der Waals surface area contributed by atoms with Crippen molar-refractivity contribution < 1.29 is 19.1 Å². The Kier molecular flexibility index (Phi) is 6.96. The quantitative estimate of drug-likeness (QED) is 0.287. The Morgan fingerprint density at radius 3 is 2.47 bits per heavy atom. The van der Waals surface area contributed by atoms with E-state index in [9.17, 15) is 14.4 Å². The molecule has 0 saturated carbocycles. The molecule has 0 saturated heterocycles. The lowest BCUT2D eigenvalue weighted by molar-refractivity contribution is -0.153. The first-order chi connectivity index (χ1) is 7.08. The molecule has 4 nitrogen and oxygen atoms in total. The fourth-order valence-corrected chi connectivity index (χ4v) is 1.45. The highest BCUT2D eigenvalue weighted by Crippen LogP contribution is 2.18. The molecule has 0 N–H and O–H groups in total. The number of ketones is 1. The number of Topliss-reactive ketones (excluding diaryl/α,β-unsaturated/α-hetero) is 1. The molecule has 0 aliphatic rings. The van der Waals surface area contributed by atoms with Gasteiger partial charge in [-0.3, -0.25) is 9.59 Å². The highest BCUT2D eigenvalue weighted by atomic mass is 35.5. The Balaban J connectivity index is 4.63. The number of ether oxygens (including phenoxy) is 1. The topological polar surface area (TPSA) is 60.4 Å². The van der Waals surface area contributed by atoms with E-state index in [-0.39, 0.29) is 24.8 Å². The smallest absolute Gasteiger partial charge is 0.316 e. The minimum Gasteiger partial charge on any atom is -0.465 e. The standard InChI is InChI=1S/C10H15ClO4/c1-3-15-10(14)9(8(13)6-11)7(2)4-5-12/h5,7,9H,3-4,6H2,1-2H3/t7-,9?/m1/s1. The zero-order valence-corrected chi connectivity index (χ0v) is 9.62. The lowest BCUT2D eigenvalue weighted by Gasteiger charge is -2.18. The van der Waals surface area contributed by atoms with Crippen LogP contribution in [0.3, 0.4) is 0 Å². The molecule has 0 aromatic rings. The second kappa shape index (κ2) is 7.40. The summed E-state index contributed by atoms with van der Waals surface area (Å²) in [6.07, 6.45) is 0.824. The summed E-state index contributed by atoms with van der Waals surface area (Å²) >= 11 is 5.39. The van der Waals surface area contributed by atoms with Crippen LogP contribution in [0.5, 0.6) is 0 Å². The summed E-state index contributed by atoms with van der Waals surface area (Å²) in [5, 5.41) is 0. The van der Waals surface area contributed by atoms with Crippen LogP contribution in [-0.2, 0) is 19.1 Å². The van der Waals surface area contributed by atoms with Gasteiger partial charge in [-0.25, -0.2) is 0 Å². The van der Waals surface area contributed by atoms with E-state index in [0.29, 0.717) is 6.29 Å². The molecule has 0 spiro atoms. The molecule has 0 amide bonds.